The molecule has 1 fully saturated rings. The summed E-state index contributed by atoms with van der Waals surface area (Å²) in [5, 5.41) is 2.72. The molecule has 1 aromatic carbocycles. The monoisotopic (exact) mass is 355 g/mol. The molecule has 0 aromatic heterocycles. The zero-order valence-corrected chi connectivity index (χ0v) is 14.9. The largest absolute Gasteiger partial charge is 0.495 e. The lowest BCUT2D eigenvalue weighted by atomic mass is 10.2. The van der Waals surface area contributed by atoms with Crippen molar-refractivity contribution in [3.63, 3.8) is 0 Å². The van der Waals surface area contributed by atoms with E-state index >= 15 is 0 Å². The van der Waals surface area contributed by atoms with E-state index in [-0.39, 0.29) is 34.2 Å². The van der Waals surface area contributed by atoms with E-state index in [0.29, 0.717) is 6.54 Å². The van der Waals surface area contributed by atoms with Crippen LogP contribution in [-0.4, -0.2) is 40.1 Å². The highest BCUT2D eigenvalue weighted by Gasteiger charge is 2.26. The highest BCUT2D eigenvalue weighted by atomic mass is 32.2. The van der Waals surface area contributed by atoms with Crippen molar-refractivity contribution in [2.75, 3.05) is 13.7 Å². The maximum Gasteiger partial charge on any atom is 0.251 e. The molecule has 0 saturated heterocycles. The number of methoxy groups -OCH3 is 1. The lowest BCUT2D eigenvalue weighted by molar-refractivity contribution is 0.0941. The summed E-state index contributed by atoms with van der Waals surface area (Å²) >= 11 is 0. The molecule has 0 spiro atoms. The molecule has 24 heavy (non-hydrogen) atoms. The second-order valence-corrected chi connectivity index (χ2v) is 7.76. The van der Waals surface area contributed by atoms with Gasteiger partial charge in [0.05, 0.1) is 7.11 Å². The fourth-order valence-electron chi connectivity index (χ4n) is 2.72. The van der Waals surface area contributed by atoms with Crippen LogP contribution in [0.25, 0.3) is 0 Å². The molecule has 0 bridgehead atoms. The highest BCUT2D eigenvalue weighted by Crippen LogP contribution is 2.27. The zero-order chi connectivity index (χ0) is 17.7. The molecule has 1 saturated carbocycles. The van der Waals surface area contributed by atoms with E-state index in [1.165, 1.54) is 25.3 Å². The molecule has 4 N–H and O–H groups in total. The fraction of sp³-hybridized carbons (Fsp3) is 0.562. The van der Waals surface area contributed by atoms with Crippen molar-refractivity contribution in [2.24, 2.45) is 5.73 Å². The van der Waals surface area contributed by atoms with Crippen molar-refractivity contribution >= 4 is 15.9 Å². The Hall–Kier alpha value is -1.64. The van der Waals surface area contributed by atoms with Crippen molar-refractivity contribution in [1.29, 1.82) is 0 Å². The van der Waals surface area contributed by atoms with Gasteiger partial charge in [0.25, 0.3) is 5.91 Å². The van der Waals surface area contributed by atoms with E-state index in [1.807, 2.05) is 0 Å². The van der Waals surface area contributed by atoms with Gasteiger partial charge in [-0.1, -0.05) is 12.8 Å². The smallest absolute Gasteiger partial charge is 0.251 e. The van der Waals surface area contributed by atoms with Gasteiger partial charge in [-0.25, -0.2) is 13.1 Å². The van der Waals surface area contributed by atoms with E-state index in [2.05, 4.69) is 10.0 Å². The average Bonchev–Trinajstić information content (AvgIpc) is 3.06. The Balaban J connectivity index is 2.29. The van der Waals surface area contributed by atoms with Gasteiger partial charge in [0.1, 0.15) is 10.6 Å². The number of nitrogens with two attached hydrogens (primary N) is 1. The quantitative estimate of drug-likeness (QED) is 0.676. The van der Waals surface area contributed by atoms with Crippen LogP contribution < -0.4 is 20.5 Å². The molecule has 0 unspecified atom stereocenters. The molecule has 1 atom stereocenters. The maximum atomic E-state index is 12.7. The van der Waals surface area contributed by atoms with Crippen LogP contribution in [-0.2, 0) is 10.0 Å². The molecular weight excluding hydrogens is 330 g/mol. The first-order chi connectivity index (χ1) is 11.4. The number of rotatable bonds is 7. The number of hydrogen-bond acceptors (Lipinski definition) is 5. The van der Waals surface area contributed by atoms with Crippen LogP contribution in [0.1, 0.15) is 43.0 Å². The number of benzene rings is 1. The van der Waals surface area contributed by atoms with E-state index in [1.54, 1.807) is 6.92 Å². The number of sulfonamides is 1. The van der Waals surface area contributed by atoms with Gasteiger partial charge < -0.3 is 15.8 Å². The van der Waals surface area contributed by atoms with Crippen molar-refractivity contribution in [3.8, 4) is 5.75 Å². The molecule has 0 heterocycles. The Morgan fingerprint density at radius 1 is 1.38 bits per heavy atom. The third kappa shape index (κ3) is 4.46. The average molecular weight is 355 g/mol. The van der Waals surface area contributed by atoms with Crippen molar-refractivity contribution in [3.05, 3.63) is 23.8 Å². The van der Waals surface area contributed by atoms with Gasteiger partial charge >= 0.3 is 0 Å². The van der Waals surface area contributed by atoms with Crippen molar-refractivity contribution < 1.29 is 17.9 Å². The number of ether oxygens (including phenoxy) is 1. The minimum atomic E-state index is -3.76. The molecule has 7 nitrogen and oxygen atoms in total. The van der Waals surface area contributed by atoms with Gasteiger partial charge in [0.15, 0.2) is 0 Å². The second-order valence-electron chi connectivity index (χ2n) is 6.08. The van der Waals surface area contributed by atoms with Gasteiger partial charge in [0, 0.05) is 24.2 Å². The van der Waals surface area contributed by atoms with E-state index < -0.39 is 10.0 Å². The Labute approximate surface area is 143 Å². The van der Waals surface area contributed by atoms with Gasteiger partial charge in [-0.05, 0) is 38.0 Å². The van der Waals surface area contributed by atoms with Gasteiger partial charge in [-0.2, -0.15) is 0 Å². The van der Waals surface area contributed by atoms with Crippen LogP contribution in [0, 0.1) is 0 Å². The van der Waals surface area contributed by atoms with Crippen LogP contribution in [0.5, 0.6) is 5.75 Å². The minimum absolute atomic E-state index is 0.0232. The summed E-state index contributed by atoms with van der Waals surface area (Å²) in [4.78, 5) is 12.2. The number of hydrogen-bond donors (Lipinski definition) is 3. The predicted molar refractivity (Wildman–Crippen MR) is 91.6 cm³/mol. The van der Waals surface area contributed by atoms with Gasteiger partial charge in [-0.3, -0.25) is 4.79 Å². The Morgan fingerprint density at radius 3 is 2.62 bits per heavy atom. The molecule has 1 aliphatic carbocycles. The molecule has 0 radical (unpaired) electrons. The van der Waals surface area contributed by atoms with Gasteiger partial charge in [0.2, 0.25) is 10.0 Å². The summed E-state index contributed by atoms with van der Waals surface area (Å²) in [5.41, 5.74) is 5.75. The van der Waals surface area contributed by atoms with Crippen LogP contribution in [0.3, 0.4) is 0 Å². The van der Waals surface area contributed by atoms with E-state index in [0.717, 1.165) is 25.7 Å². The number of nitrogens with one attached hydrogen (secondary N) is 2. The van der Waals surface area contributed by atoms with E-state index in [4.69, 9.17) is 10.5 Å². The highest BCUT2D eigenvalue weighted by molar-refractivity contribution is 7.89. The maximum absolute atomic E-state index is 12.7. The lowest BCUT2D eigenvalue weighted by Gasteiger charge is -2.16. The normalized spacial score (nSPS) is 16.8. The first-order valence-electron chi connectivity index (χ1n) is 8.08. The third-order valence-corrected chi connectivity index (χ3v) is 5.67. The topological polar surface area (TPSA) is 111 Å². The summed E-state index contributed by atoms with van der Waals surface area (Å²) < 4.78 is 33.2. The van der Waals surface area contributed by atoms with Crippen LogP contribution >= 0.6 is 0 Å². The molecule has 8 heteroatoms. The fourth-order valence-corrected chi connectivity index (χ4v) is 4.22. The van der Waals surface area contributed by atoms with Crippen molar-refractivity contribution in [2.45, 2.75) is 49.6 Å². The Morgan fingerprint density at radius 2 is 2.04 bits per heavy atom. The Kier molecular flexibility index (Phi) is 6.20. The third-order valence-electron chi connectivity index (χ3n) is 4.12. The minimum Gasteiger partial charge on any atom is -0.495 e. The summed E-state index contributed by atoms with van der Waals surface area (Å²) in [6.07, 6.45) is 3.69. The first kappa shape index (κ1) is 18.7. The SMILES string of the molecule is COc1ccc(C(=O)N[C@@H](C)CN)cc1S(=O)(=O)NC1CCCC1. The molecular formula is C16H25N3O4S. The number of carbonyl (C=O) groups excluding carboxylic acids is 1. The zero-order valence-electron chi connectivity index (χ0n) is 14.0. The predicted octanol–water partition coefficient (Wildman–Crippen LogP) is 0.993. The summed E-state index contributed by atoms with van der Waals surface area (Å²) in [7, 11) is -2.35. The van der Waals surface area contributed by atoms with Crippen LogP contribution in [0.4, 0.5) is 0 Å². The van der Waals surface area contributed by atoms with Crippen molar-refractivity contribution in [1.82, 2.24) is 10.0 Å². The van der Waals surface area contributed by atoms with Crippen LogP contribution in [0.2, 0.25) is 0 Å². The molecule has 134 valence electrons. The Bertz CT molecular complexity index is 685. The molecule has 1 aliphatic rings. The molecule has 0 aliphatic heterocycles. The molecule has 1 aromatic rings. The summed E-state index contributed by atoms with van der Waals surface area (Å²) in [5.74, 6) is -0.156. The first-order valence-corrected chi connectivity index (χ1v) is 9.57. The summed E-state index contributed by atoms with van der Waals surface area (Å²) in [6, 6.07) is 4.11. The second kappa shape index (κ2) is 7.96. The number of carbonyl (C=O) groups is 1. The standard InChI is InChI=1S/C16H25N3O4S/c1-11(10-17)18-16(20)12-7-8-14(23-2)15(9-12)24(21,22)19-13-5-3-4-6-13/h7-9,11,13,19H,3-6,10,17H2,1-2H3,(H,18,20)/t11-/m0/s1. The van der Waals surface area contributed by atoms with Gasteiger partial charge in [-0.15, -0.1) is 0 Å². The lowest BCUT2D eigenvalue weighted by Crippen LogP contribution is -2.38. The van der Waals surface area contributed by atoms with E-state index in [9.17, 15) is 13.2 Å². The molecule has 2 rings (SSSR count). The summed E-state index contributed by atoms with van der Waals surface area (Å²) in [6.45, 7) is 2.08. The molecule has 1 amide bonds. The van der Waals surface area contributed by atoms with Crippen LogP contribution in [0.15, 0.2) is 23.1 Å². The number of amides is 1.